The monoisotopic (exact) mass is 182 g/mol. The third-order valence-electron chi connectivity index (χ3n) is 1.11. The van der Waals surface area contributed by atoms with Crippen LogP contribution in [0.25, 0.3) is 0 Å². The van der Waals surface area contributed by atoms with Crippen molar-refractivity contribution in [3.8, 4) is 0 Å². The number of thiazole rings is 1. The summed E-state index contributed by atoms with van der Waals surface area (Å²) in [6, 6.07) is 0. The number of hydrogen-bond donors (Lipinski definition) is 0. The number of hydrogen-bond acceptors (Lipinski definition) is 4. The Labute approximate surface area is 75.1 Å². The van der Waals surface area contributed by atoms with Gasteiger partial charge in [0, 0.05) is 18.5 Å². The average molecular weight is 182 g/mol. The summed E-state index contributed by atoms with van der Waals surface area (Å²) in [7, 11) is 0. The van der Waals surface area contributed by atoms with E-state index >= 15 is 0 Å². The third-order valence-corrected chi connectivity index (χ3v) is 1.82. The second kappa shape index (κ2) is 4.66. The van der Waals surface area contributed by atoms with Crippen LogP contribution < -0.4 is 0 Å². The first kappa shape index (κ1) is 8.93. The van der Waals surface area contributed by atoms with E-state index in [1.807, 2.05) is 12.3 Å². The molecule has 0 spiro atoms. The normalized spacial score (nSPS) is 8.83. The fourth-order valence-corrected chi connectivity index (χ4v) is 1.03. The molecule has 0 aliphatic carbocycles. The largest absolute Gasteiger partial charge is 0.449 e. The van der Waals surface area contributed by atoms with E-state index in [0.717, 1.165) is 10.9 Å². The summed E-state index contributed by atoms with van der Waals surface area (Å²) in [6.45, 7) is 3.80. The van der Waals surface area contributed by atoms with Gasteiger partial charge in [-0.05, 0) is 6.92 Å². The minimum atomic E-state index is 0.718. The van der Waals surface area contributed by atoms with Gasteiger partial charge in [0.25, 0.3) is 0 Å². The smallest absolute Gasteiger partial charge is 0.190 e. The van der Waals surface area contributed by atoms with Crippen molar-refractivity contribution in [3.63, 3.8) is 0 Å². The minimum absolute atomic E-state index is 0.718. The molecule has 0 amide bonds. The Morgan fingerprint density at radius 1 is 1.25 bits per heavy atom. The van der Waals surface area contributed by atoms with E-state index in [1.165, 1.54) is 0 Å². The predicted molar refractivity (Wildman–Crippen MR) is 48.1 cm³/mol. The molecule has 0 radical (unpaired) electrons. The molecule has 3 nitrogen and oxygen atoms in total. The maximum Gasteiger partial charge on any atom is 0.190 e. The maximum absolute atomic E-state index is 4.72. The van der Waals surface area contributed by atoms with Crippen LogP contribution in [-0.2, 0) is 0 Å². The molecule has 0 aliphatic heterocycles. The van der Waals surface area contributed by atoms with Gasteiger partial charge in [-0.2, -0.15) is 0 Å². The van der Waals surface area contributed by atoms with Crippen LogP contribution in [0.1, 0.15) is 10.9 Å². The summed E-state index contributed by atoms with van der Waals surface area (Å²) in [6.07, 6.45) is 4.98. The maximum atomic E-state index is 4.72. The van der Waals surface area contributed by atoms with Gasteiger partial charge in [-0.1, -0.05) is 0 Å². The fraction of sp³-hybridized carbons (Fsp3) is 0.250. The van der Waals surface area contributed by atoms with E-state index in [4.69, 9.17) is 4.42 Å². The Hall–Kier alpha value is -1.16. The lowest BCUT2D eigenvalue weighted by molar-refractivity contribution is 0.521. The van der Waals surface area contributed by atoms with Gasteiger partial charge < -0.3 is 4.42 Å². The van der Waals surface area contributed by atoms with Gasteiger partial charge in [0.2, 0.25) is 0 Å². The predicted octanol–water partition coefficient (Wildman–Crippen LogP) is 2.43. The number of aromatic nitrogens is 2. The lowest BCUT2D eigenvalue weighted by atomic mass is 10.8. The van der Waals surface area contributed by atoms with Crippen LogP contribution in [0.2, 0.25) is 0 Å². The zero-order chi connectivity index (χ0) is 8.81. The Kier molecular flexibility index (Phi) is 3.47. The molecular weight excluding hydrogens is 172 g/mol. The molecule has 0 saturated heterocycles. The van der Waals surface area contributed by atoms with Crippen molar-refractivity contribution in [1.82, 2.24) is 9.97 Å². The summed E-state index contributed by atoms with van der Waals surface area (Å²) >= 11 is 1.67. The van der Waals surface area contributed by atoms with Gasteiger partial charge >= 0.3 is 0 Å². The van der Waals surface area contributed by atoms with E-state index in [2.05, 4.69) is 9.97 Å². The lowest BCUT2D eigenvalue weighted by Gasteiger charge is -1.67. The molecule has 0 saturated carbocycles. The number of oxazole rings is 1. The molecule has 0 unspecified atom stereocenters. The van der Waals surface area contributed by atoms with Crippen molar-refractivity contribution in [3.05, 3.63) is 34.9 Å². The first-order valence-electron chi connectivity index (χ1n) is 3.51. The zero-order valence-electron chi connectivity index (χ0n) is 7.02. The summed E-state index contributed by atoms with van der Waals surface area (Å²) in [5, 5.41) is 3.10. The molecular formula is C8H10N2OS. The van der Waals surface area contributed by atoms with E-state index < -0.39 is 0 Å². The topological polar surface area (TPSA) is 38.9 Å². The van der Waals surface area contributed by atoms with Crippen LogP contribution in [0.5, 0.6) is 0 Å². The van der Waals surface area contributed by atoms with E-state index in [9.17, 15) is 0 Å². The van der Waals surface area contributed by atoms with Gasteiger partial charge in [-0.3, -0.25) is 4.98 Å². The second-order valence-corrected chi connectivity index (χ2v) is 3.20. The zero-order valence-corrected chi connectivity index (χ0v) is 7.84. The highest BCUT2D eigenvalue weighted by Gasteiger charge is 1.77. The Morgan fingerprint density at radius 3 is 2.25 bits per heavy atom. The van der Waals surface area contributed by atoms with Crippen LogP contribution in [0.4, 0.5) is 0 Å². The molecule has 0 fully saturated rings. The van der Waals surface area contributed by atoms with Crippen LogP contribution in [0.3, 0.4) is 0 Å². The quantitative estimate of drug-likeness (QED) is 0.628. The highest BCUT2D eigenvalue weighted by atomic mass is 32.1. The fourth-order valence-electron chi connectivity index (χ4n) is 0.589. The van der Waals surface area contributed by atoms with Crippen LogP contribution in [-0.4, -0.2) is 9.97 Å². The number of aryl methyl sites for hydroxylation is 2. The van der Waals surface area contributed by atoms with Gasteiger partial charge in [0.05, 0.1) is 11.2 Å². The Bertz CT molecular complexity index is 256. The molecule has 64 valence electrons. The van der Waals surface area contributed by atoms with Crippen molar-refractivity contribution in [2.24, 2.45) is 0 Å². The molecule has 0 atom stereocenters. The molecule has 0 bridgehead atoms. The van der Waals surface area contributed by atoms with Gasteiger partial charge in [0.1, 0.15) is 6.26 Å². The van der Waals surface area contributed by atoms with E-state index in [0.29, 0.717) is 0 Å². The second-order valence-electron chi connectivity index (χ2n) is 2.10. The van der Waals surface area contributed by atoms with Crippen molar-refractivity contribution < 1.29 is 4.42 Å². The molecule has 0 N–H and O–H groups in total. The molecule has 4 heteroatoms. The van der Waals surface area contributed by atoms with Gasteiger partial charge in [-0.15, -0.1) is 11.3 Å². The third kappa shape index (κ3) is 3.30. The van der Waals surface area contributed by atoms with Crippen LogP contribution in [0, 0.1) is 13.8 Å². The first-order valence-corrected chi connectivity index (χ1v) is 4.39. The van der Waals surface area contributed by atoms with Crippen molar-refractivity contribution in [2.75, 3.05) is 0 Å². The molecule has 12 heavy (non-hydrogen) atoms. The first-order chi connectivity index (χ1) is 5.79. The van der Waals surface area contributed by atoms with Gasteiger partial charge in [0.15, 0.2) is 5.89 Å². The summed E-state index contributed by atoms with van der Waals surface area (Å²) in [5.41, 5.74) is 0. The van der Waals surface area contributed by atoms with Crippen LogP contribution >= 0.6 is 11.3 Å². The summed E-state index contributed by atoms with van der Waals surface area (Å²) in [4.78, 5) is 7.69. The highest BCUT2D eigenvalue weighted by Crippen LogP contribution is 1.98. The van der Waals surface area contributed by atoms with Crippen molar-refractivity contribution in [2.45, 2.75) is 13.8 Å². The summed E-state index contributed by atoms with van der Waals surface area (Å²) < 4.78 is 4.72. The van der Waals surface area contributed by atoms with E-state index in [1.54, 1.807) is 36.9 Å². The number of nitrogens with zero attached hydrogens (tertiary/aromatic N) is 2. The SMILES string of the molecule is Cc1ncco1.Cc1nccs1. The Morgan fingerprint density at radius 2 is 2.08 bits per heavy atom. The average Bonchev–Trinajstić information content (AvgIpc) is 2.63. The number of rotatable bonds is 0. The van der Waals surface area contributed by atoms with Gasteiger partial charge in [-0.25, -0.2) is 4.98 Å². The lowest BCUT2D eigenvalue weighted by Crippen LogP contribution is -1.59. The summed E-state index contributed by atoms with van der Waals surface area (Å²) in [5.74, 6) is 0.718. The van der Waals surface area contributed by atoms with Crippen molar-refractivity contribution in [1.29, 1.82) is 0 Å². The molecule has 0 aliphatic rings. The Balaban J connectivity index is 0.000000120. The molecule has 0 aromatic carbocycles. The van der Waals surface area contributed by atoms with Crippen molar-refractivity contribution >= 4 is 11.3 Å². The molecule has 2 rings (SSSR count). The molecule has 2 aromatic rings. The highest BCUT2D eigenvalue weighted by molar-refractivity contribution is 7.09. The standard InChI is InChI=1S/C4H5NO.C4H5NS/c2*1-4-5-2-3-6-4/h2*2-3H,1H3. The molecule has 2 aromatic heterocycles. The van der Waals surface area contributed by atoms with E-state index in [-0.39, 0.29) is 0 Å². The minimum Gasteiger partial charge on any atom is -0.449 e. The molecule has 2 heterocycles. The van der Waals surface area contributed by atoms with Crippen LogP contribution in [0.15, 0.2) is 28.5 Å².